The summed E-state index contributed by atoms with van der Waals surface area (Å²) in [7, 11) is 0. The van der Waals surface area contributed by atoms with Crippen molar-refractivity contribution in [3.8, 4) is 0 Å². The monoisotopic (exact) mass is 372 g/mol. The Kier molecular flexibility index (Phi) is 5.69. The molecule has 1 fully saturated rings. The topological polar surface area (TPSA) is 24.8 Å². The van der Waals surface area contributed by atoms with E-state index in [0.717, 1.165) is 11.8 Å². The van der Waals surface area contributed by atoms with Crippen molar-refractivity contribution in [1.29, 1.82) is 0 Å². The fourth-order valence-corrected chi connectivity index (χ4v) is 2.75. The van der Waals surface area contributed by atoms with E-state index in [9.17, 15) is 26.3 Å². The molecule has 0 amide bonds. The average Bonchev–Trinajstić information content (AvgIpc) is 2.51. The van der Waals surface area contributed by atoms with Crippen molar-refractivity contribution in [2.45, 2.75) is 12.4 Å². The highest BCUT2D eigenvalue weighted by Crippen LogP contribution is 2.38. The van der Waals surface area contributed by atoms with Gasteiger partial charge in [0.2, 0.25) is 0 Å². The second-order valence-electron chi connectivity index (χ2n) is 4.96. The highest BCUT2D eigenvalue weighted by atomic mass is 32.2. The molecule has 1 heterocycles. The zero-order valence-electron chi connectivity index (χ0n) is 12.5. The molecular weight excluding hydrogens is 358 g/mol. The van der Waals surface area contributed by atoms with Crippen LogP contribution in [0.1, 0.15) is 11.1 Å². The number of hydrogen-bond acceptors (Lipinski definition) is 3. The Labute approximate surface area is 138 Å². The van der Waals surface area contributed by atoms with Crippen LogP contribution in [-0.2, 0) is 17.1 Å². The van der Waals surface area contributed by atoms with Crippen LogP contribution in [0.5, 0.6) is 0 Å². The van der Waals surface area contributed by atoms with Crippen LogP contribution >= 0.6 is 11.8 Å². The molecular formula is C14H14F6N2OS. The third kappa shape index (κ3) is 4.79. The number of amidine groups is 1. The number of morpholine rings is 1. The first-order valence-corrected chi connectivity index (χ1v) is 8.08. The molecule has 0 saturated carbocycles. The van der Waals surface area contributed by atoms with Crippen LogP contribution in [0.2, 0.25) is 0 Å². The number of hydrogen-bond donors (Lipinski definition) is 0. The maximum atomic E-state index is 12.9. The van der Waals surface area contributed by atoms with Crippen LogP contribution < -0.4 is 0 Å². The number of thioether (sulfide) groups is 1. The van der Waals surface area contributed by atoms with Crippen LogP contribution in [-0.4, -0.2) is 42.6 Å². The van der Waals surface area contributed by atoms with Crippen LogP contribution in [0.4, 0.5) is 32.0 Å². The van der Waals surface area contributed by atoms with E-state index in [-0.39, 0.29) is 11.8 Å². The summed E-state index contributed by atoms with van der Waals surface area (Å²) in [5.74, 6) is 0. The zero-order chi connectivity index (χ0) is 18.0. The van der Waals surface area contributed by atoms with Crippen molar-refractivity contribution >= 4 is 22.6 Å². The van der Waals surface area contributed by atoms with Gasteiger partial charge < -0.3 is 9.64 Å². The Balaban J connectivity index is 2.45. The first-order chi connectivity index (χ1) is 11.1. The van der Waals surface area contributed by atoms with Gasteiger partial charge in [0.25, 0.3) is 0 Å². The Hall–Kier alpha value is -1.42. The SMILES string of the molecule is CSC(=Nc1cc(C(F)(F)F)cc(C(F)(F)F)c1)N1CCOCC1. The Morgan fingerprint density at radius 1 is 1.00 bits per heavy atom. The molecule has 1 aliphatic rings. The van der Waals surface area contributed by atoms with Gasteiger partial charge in [-0.1, -0.05) is 11.8 Å². The van der Waals surface area contributed by atoms with Crippen LogP contribution in [0.25, 0.3) is 0 Å². The lowest BCUT2D eigenvalue weighted by Crippen LogP contribution is -2.39. The molecule has 24 heavy (non-hydrogen) atoms. The molecule has 3 nitrogen and oxygen atoms in total. The third-order valence-electron chi connectivity index (χ3n) is 3.26. The van der Waals surface area contributed by atoms with Crippen LogP contribution in [0.15, 0.2) is 23.2 Å². The number of rotatable bonds is 1. The normalized spacial score (nSPS) is 17.3. The first kappa shape index (κ1) is 18.9. The molecule has 0 aliphatic carbocycles. The van der Waals surface area contributed by atoms with E-state index in [1.807, 2.05) is 0 Å². The Morgan fingerprint density at radius 3 is 1.92 bits per heavy atom. The summed E-state index contributed by atoms with van der Waals surface area (Å²) in [6, 6.07) is 1.32. The van der Waals surface area contributed by atoms with E-state index < -0.39 is 23.5 Å². The molecule has 0 radical (unpaired) electrons. The van der Waals surface area contributed by atoms with E-state index in [4.69, 9.17) is 4.74 Å². The molecule has 1 aromatic carbocycles. The third-order valence-corrected chi connectivity index (χ3v) is 3.98. The van der Waals surface area contributed by atoms with Gasteiger partial charge in [0, 0.05) is 13.1 Å². The predicted molar refractivity (Wildman–Crippen MR) is 79.4 cm³/mol. The predicted octanol–water partition coefficient (Wildman–Crippen LogP) is 4.41. The molecule has 0 aromatic heterocycles. The molecule has 134 valence electrons. The smallest absolute Gasteiger partial charge is 0.378 e. The standard InChI is InChI=1S/C14H14F6N2OS/c1-24-12(22-2-4-23-5-3-22)21-11-7-9(13(15,16)17)6-10(8-11)14(18,19)20/h6-8H,2-5H2,1H3. The lowest BCUT2D eigenvalue weighted by atomic mass is 10.1. The molecule has 0 atom stereocenters. The van der Waals surface area contributed by atoms with E-state index >= 15 is 0 Å². The van der Waals surface area contributed by atoms with Crippen molar-refractivity contribution in [3.63, 3.8) is 0 Å². The van der Waals surface area contributed by atoms with Gasteiger partial charge in [0.05, 0.1) is 30.0 Å². The van der Waals surface area contributed by atoms with Crippen molar-refractivity contribution in [3.05, 3.63) is 29.3 Å². The summed E-state index contributed by atoms with van der Waals surface area (Å²) in [6.45, 7) is 1.81. The molecule has 10 heteroatoms. The fourth-order valence-electron chi connectivity index (χ4n) is 2.11. The lowest BCUT2D eigenvalue weighted by molar-refractivity contribution is -0.143. The maximum Gasteiger partial charge on any atom is 0.416 e. The summed E-state index contributed by atoms with van der Waals surface area (Å²) in [4.78, 5) is 5.76. The Morgan fingerprint density at radius 2 is 1.50 bits per heavy atom. The Bertz CT molecular complexity index is 576. The van der Waals surface area contributed by atoms with Gasteiger partial charge in [-0.3, -0.25) is 0 Å². The number of alkyl halides is 6. The largest absolute Gasteiger partial charge is 0.416 e. The second-order valence-corrected chi connectivity index (χ2v) is 5.74. The molecule has 2 rings (SSSR count). The van der Waals surface area contributed by atoms with Gasteiger partial charge in [0.1, 0.15) is 0 Å². The van der Waals surface area contributed by atoms with Crippen molar-refractivity contribution in [2.75, 3.05) is 32.6 Å². The van der Waals surface area contributed by atoms with Crippen molar-refractivity contribution < 1.29 is 31.1 Å². The molecule has 1 aromatic rings. The van der Waals surface area contributed by atoms with Gasteiger partial charge in [-0.05, 0) is 24.5 Å². The summed E-state index contributed by atoms with van der Waals surface area (Å²) >= 11 is 1.16. The maximum absolute atomic E-state index is 12.9. The number of benzene rings is 1. The minimum absolute atomic E-state index is 0.0898. The summed E-state index contributed by atoms with van der Waals surface area (Å²) in [5, 5.41) is 0.353. The molecule has 0 bridgehead atoms. The number of halogens is 6. The number of nitrogens with zero attached hydrogens (tertiary/aromatic N) is 2. The van der Waals surface area contributed by atoms with E-state index in [1.54, 1.807) is 11.2 Å². The number of aliphatic imine (C=N–C) groups is 1. The number of ether oxygens (including phenoxy) is 1. The first-order valence-electron chi connectivity index (χ1n) is 6.86. The highest BCUT2D eigenvalue weighted by molar-refractivity contribution is 8.13. The van der Waals surface area contributed by atoms with E-state index in [0.29, 0.717) is 43.6 Å². The molecule has 1 aliphatic heterocycles. The summed E-state index contributed by atoms with van der Waals surface area (Å²) < 4.78 is 82.3. The lowest BCUT2D eigenvalue weighted by Gasteiger charge is -2.28. The van der Waals surface area contributed by atoms with E-state index in [1.165, 1.54) is 0 Å². The van der Waals surface area contributed by atoms with Gasteiger partial charge in [-0.2, -0.15) is 26.3 Å². The molecule has 0 N–H and O–H groups in total. The van der Waals surface area contributed by atoms with Crippen LogP contribution in [0.3, 0.4) is 0 Å². The fraction of sp³-hybridized carbons (Fsp3) is 0.500. The average molecular weight is 372 g/mol. The minimum atomic E-state index is -4.88. The van der Waals surface area contributed by atoms with Gasteiger partial charge in [-0.15, -0.1) is 0 Å². The van der Waals surface area contributed by atoms with Gasteiger partial charge in [-0.25, -0.2) is 4.99 Å². The summed E-state index contributed by atoms with van der Waals surface area (Å²) in [6.07, 6.45) is -8.11. The quantitative estimate of drug-likeness (QED) is 0.415. The van der Waals surface area contributed by atoms with Gasteiger partial charge >= 0.3 is 12.4 Å². The van der Waals surface area contributed by atoms with Crippen molar-refractivity contribution in [1.82, 2.24) is 4.90 Å². The van der Waals surface area contributed by atoms with Crippen molar-refractivity contribution in [2.24, 2.45) is 4.99 Å². The van der Waals surface area contributed by atoms with E-state index in [2.05, 4.69) is 4.99 Å². The molecule has 0 unspecified atom stereocenters. The molecule has 0 spiro atoms. The highest BCUT2D eigenvalue weighted by Gasteiger charge is 2.37. The van der Waals surface area contributed by atoms with Gasteiger partial charge in [0.15, 0.2) is 5.17 Å². The summed E-state index contributed by atoms with van der Waals surface area (Å²) in [5.41, 5.74) is -3.13. The minimum Gasteiger partial charge on any atom is -0.378 e. The zero-order valence-corrected chi connectivity index (χ0v) is 13.4. The molecule has 1 saturated heterocycles. The van der Waals surface area contributed by atoms with Crippen LogP contribution in [0, 0.1) is 0 Å². The second kappa shape index (κ2) is 7.22.